The second kappa shape index (κ2) is 6.98. The zero-order valence-corrected chi connectivity index (χ0v) is 15.2. The summed E-state index contributed by atoms with van der Waals surface area (Å²) in [4.78, 5) is 19.4. The molecule has 1 saturated heterocycles. The summed E-state index contributed by atoms with van der Waals surface area (Å²) in [7, 11) is 0. The van der Waals surface area contributed by atoms with Crippen LogP contribution in [0.4, 0.5) is 0 Å². The predicted octanol–water partition coefficient (Wildman–Crippen LogP) is 4.89. The minimum Gasteiger partial charge on any atom is -0.323 e. The molecule has 4 rings (SSSR count). The highest BCUT2D eigenvalue weighted by atomic mass is 32.1. The molecule has 1 aliphatic heterocycles. The molecule has 0 radical (unpaired) electrons. The summed E-state index contributed by atoms with van der Waals surface area (Å²) in [6.07, 6.45) is 6.69. The molecule has 1 fully saturated rings. The smallest absolute Gasteiger partial charge is 0.266 e. The average molecular weight is 350 g/mol. The van der Waals surface area contributed by atoms with Crippen LogP contribution in [-0.2, 0) is 6.54 Å². The predicted molar refractivity (Wildman–Crippen MR) is 107 cm³/mol. The van der Waals surface area contributed by atoms with E-state index in [0.717, 1.165) is 51.4 Å². The quantitative estimate of drug-likeness (QED) is 0.727. The fraction of sp³-hybridized carbons (Fsp3) is 0.286. The molecule has 1 aliphatic rings. The van der Waals surface area contributed by atoms with E-state index in [4.69, 9.17) is 0 Å². The van der Waals surface area contributed by atoms with Gasteiger partial charge in [-0.05, 0) is 44.5 Å². The van der Waals surface area contributed by atoms with Crippen LogP contribution < -0.4 is 5.56 Å². The topological polar surface area (TPSA) is 36.1 Å². The monoisotopic (exact) mass is 350 g/mol. The molecule has 0 aliphatic carbocycles. The molecule has 3 nitrogen and oxygen atoms in total. The van der Waals surface area contributed by atoms with Crippen molar-refractivity contribution in [3.8, 4) is 10.4 Å². The van der Waals surface area contributed by atoms with Crippen LogP contribution in [0.3, 0.4) is 0 Å². The maximum atomic E-state index is 12.7. The second-order valence-corrected chi connectivity index (χ2v) is 7.60. The van der Waals surface area contributed by atoms with E-state index in [1.54, 1.807) is 11.3 Å². The summed E-state index contributed by atoms with van der Waals surface area (Å²) >= 11 is 1.58. The fourth-order valence-electron chi connectivity index (χ4n) is 3.57. The summed E-state index contributed by atoms with van der Waals surface area (Å²) in [5.74, 6) is 0. The molecule has 0 atom stereocenters. The highest BCUT2D eigenvalue weighted by Gasteiger charge is 2.18. The normalized spacial score (nSPS) is 15.6. The molecular formula is C21H22N2OS. The molecule has 1 N–H and O–H groups in total. The fourth-order valence-corrected chi connectivity index (χ4v) is 4.65. The number of aromatic nitrogens is 1. The molecule has 0 spiro atoms. The highest BCUT2D eigenvalue weighted by molar-refractivity contribution is 7.22. The first-order valence-corrected chi connectivity index (χ1v) is 9.67. The van der Waals surface area contributed by atoms with Crippen molar-refractivity contribution in [2.75, 3.05) is 13.1 Å². The van der Waals surface area contributed by atoms with Gasteiger partial charge in [0.05, 0.1) is 0 Å². The Morgan fingerprint density at radius 1 is 1.20 bits per heavy atom. The Labute approximate surface area is 151 Å². The van der Waals surface area contributed by atoms with Gasteiger partial charge in [0.15, 0.2) is 0 Å². The number of H-pyrrole nitrogens is 1. The van der Waals surface area contributed by atoms with E-state index in [1.807, 2.05) is 25.1 Å². The number of nitrogens with zero attached hydrogens (tertiary/aromatic N) is 1. The van der Waals surface area contributed by atoms with E-state index in [-0.39, 0.29) is 5.56 Å². The first kappa shape index (κ1) is 16.3. The van der Waals surface area contributed by atoms with Gasteiger partial charge in [0, 0.05) is 28.1 Å². The Morgan fingerprint density at radius 3 is 2.68 bits per heavy atom. The molecule has 1 aromatic carbocycles. The zero-order chi connectivity index (χ0) is 17.2. The van der Waals surface area contributed by atoms with Crippen molar-refractivity contribution in [3.63, 3.8) is 0 Å². The lowest BCUT2D eigenvalue weighted by Gasteiger charge is -2.16. The van der Waals surface area contributed by atoms with Gasteiger partial charge in [-0.2, -0.15) is 0 Å². The highest BCUT2D eigenvalue weighted by Crippen LogP contribution is 2.34. The van der Waals surface area contributed by atoms with Crippen molar-refractivity contribution < 1.29 is 0 Å². The van der Waals surface area contributed by atoms with Gasteiger partial charge in [-0.1, -0.05) is 42.5 Å². The Morgan fingerprint density at radius 2 is 1.96 bits per heavy atom. The number of allylic oxidation sites excluding steroid dienone is 1. The van der Waals surface area contributed by atoms with Gasteiger partial charge >= 0.3 is 0 Å². The number of aromatic amines is 1. The third-order valence-electron chi connectivity index (χ3n) is 4.79. The van der Waals surface area contributed by atoms with Gasteiger partial charge in [-0.25, -0.2) is 0 Å². The zero-order valence-electron chi connectivity index (χ0n) is 14.4. The van der Waals surface area contributed by atoms with Crippen molar-refractivity contribution in [1.29, 1.82) is 0 Å². The number of nitrogens with one attached hydrogen (secondary N) is 1. The Kier molecular flexibility index (Phi) is 4.55. The minimum absolute atomic E-state index is 0.0321. The lowest BCUT2D eigenvalue weighted by Crippen LogP contribution is -2.22. The van der Waals surface area contributed by atoms with E-state index < -0.39 is 0 Å². The van der Waals surface area contributed by atoms with Gasteiger partial charge in [0.25, 0.3) is 5.56 Å². The third kappa shape index (κ3) is 3.20. The van der Waals surface area contributed by atoms with E-state index in [2.05, 4.69) is 40.2 Å². The molecule has 3 aromatic rings. The number of rotatable bonds is 4. The van der Waals surface area contributed by atoms with Crippen LogP contribution in [-0.4, -0.2) is 23.0 Å². The Bertz CT molecular complexity index is 963. The van der Waals surface area contributed by atoms with Crippen LogP contribution in [0.1, 0.15) is 31.0 Å². The third-order valence-corrected chi connectivity index (χ3v) is 5.97. The van der Waals surface area contributed by atoms with Crippen molar-refractivity contribution in [2.45, 2.75) is 26.3 Å². The van der Waals surface area contributed by atoms with Crippen LogP contribution in [0.15, 0.2) is 47.3 Å². The van der Waals surface area contributed by atoms with Crippen molar-refractivity contribution in [2.24, 2.45) is 0 Å². The molecule has 0 unspecified atom stereocenters. The average Bonchev–Trinajstić information content (AvgIpc) is 3.29. The van der Waals surface area contributed by atoms with E-state index in [9.17, 15) is 4.79 Å². The molecule has 0 saturated carbocycles. The Balaban J connectivity index is 1.86. The number of benzene rings is 1. The number of hydrogen-bond acceptors (Lipinski definition) is 3. The molecule has 128 valence electrons. The van der Waals surface area contributed by atoms with Gasteiger partial charge in [0.1, 0.15) is 4.70 Å². The minimum atomic E-state index is 0.0321. The first-order chi connectivity index (χ1) is 12.3. The van der Waals surface area contributed by atoms with Gasteiger partial charge in [0.2, 0.25) is 0 Å². The summed E-state index contributed by atoms with van der Waals surface area (Å²) in [6.45, 7) is 5.09. The molecule has 0 bridgehead atoms. The van der Waals surface area contributed by atoms with Gasteiger partial charge in [-0.15, -0.1) is 11.3 Å². The molecule has 25 heavy (non-hydrogen) atoms. The number of thiophene rings is 1. The number of likely N-dealkylation sites (tertiary alicyclic amines) is 1. The largest absolute Gasteiger partial charge is 0.323 e. The Hall–Kier alpha value is -2.17. The maximum Gasteiger partial charge on any atom is 0.266 e. The lowest BCUT2D eigenvalue weighted by molar-refractivity contribution is 0.327. The van der Waals surface area contributed by atoms with Crippen molar-refractivity contribution >= 4 is 27.5 Å². The van der Waals surface area contributed by atoms with E-state index >= 15 is 0 Å². The molecule has 3 heterocycles. The summed E-state index contributed by atoms with van der Waals surface area (Å²) in [5, 5.41) is 1.07. The number of fused-ring (bicyclic) bond motifs is 1. The molecule has 4 heteroatoms. The van der Waals surface area contributed by atoms with Crippen LogP contribution in [0.2, 0.25) is 0 Å². The van der Waals surface area contributed by atoms with Crippen LogP contribution >= 0.6 is 11.3 Å². The van der Waals surface area contributed by atoms with Crippen LogP contribution in [0, 0.1) is 0 Å². The van der Waals surface area contributed by atoms with Crippen LogP contribution in [0.25, 0.3) is 26.6 Å². The standard InChI is InChI=1S/C21H22N2OS/c1-2-8-16-17-13-19(15-9-4-3-5-10-15)25-20(17)21(24)22-18(16)14-23-11-6-7-12-23/h2-5,8-10,13H,6-7,11-12,14H2,1H3,(H,22,24)/b8-2-. The van der Waals surface area contributed by atoms with E-state index in [1.165, 1.54) is 12.8 Å². The number of pyridine rings is 1. The summed E-state index contributed by atoms with van der Waals surface area (Å²) in [6, 6.07) is 12.5. The lowest BCUT2D eigenvalue weighted by atomic mass is 10.1. The molecule has 0 amide bonds. The summed E-state index contributed by atoms with van der Waals surface area (Å²) < 4.78 is 0.817. The van der Waals surface area contributed by atoms with Crippen LogP contribution in [0.5, 0.6) is 0 Å². The maximum absolute atomic E-state index is 12.7. The van der Waals surface area contributed by atoms with E-state index in [0.29, 0.717) is 0 Å². The first-order valence-electron chi connectivity index (χ1n) is 8.85. The van der Waals surface area contributed by atoms with Gasteiger partial charge < -0.3 is 4.98 Å². The van der Waals surface area contributed by atoms with Crippen molar-refractivity contribution in [1.82, 2.24) is 9.88 Å². The summed E-state index contributed by atoms with van der Waals surface area (Å²) in [5.41, 5.74) is 3.39. The second-order valence-electron chi connectivity index (χ2n) is 6.55. The number of hydrogen-bond donors (Lipinski definition) is 1. The SMILES string of the molecule is C/C=C\c1c(CN2CCCC2)[nH]c(=O)c2sc(-c3ccccc3)cc12. The van der Waals surface area contributed by atoms with Crippen molar-refractivity contribution in [3.05, 3.63) is 64.1 Å². The molecular weight excluding hydrogens is 328 g/mol. The van der Waals surface area contributed by atoms with Gasteiger partial charge in [-0.3, -0.25) is 9.69 Å². The molecule has 2 aromatic heterocycles.